The van der Waals surface area contributed by atoms with Gasteiger partial charge < -0.3 is 8.98 Å². The Kier molecular flexibility index (Phi) is 2.69. The molecule has 0 radical (unpaired) electrons. The standard InChI is InChI=1S/C17H16N2O/c1-2-10-19-12-15(18-17(19)5-1)13-6-8-14(9-7-13)16-4-3-11-20-16/h3-4,6-9,11-12H,1-2,5,10H2. The summed E-state index contributed by atoms with van der Waals surface area (Å²) in [7, 11) is 0. The van der Waals surface area contributed by atoms with E-state index in [2.05, 4.69) is 35.0 Å². The molecule has 2 aromatic heterocycles. The lowest BCUT2D eigenvalue weighted by Gasteiger charge is -2.11. The summed E-state index contributed by atoms with van der Waals surface area (Å²) in [5, 5.41) is 0. The van der Waals surface area contributed by atoms with Crippen LogP contribution in [0.25, 0.3) is 22.6 Å². The van der Waals surface area contributed by atoms with E-state index in [1.54, 1.807) is 6.26 Å². The molecule has 1 aliphatic rings. The Morgan fingerprint density at radius 3 is 2.60 bits per heavy atom. The number of furan rings is 1. The van der Waals surface area contributed by atoms with E-state index >= 15 is 0 Å². The van der Waals surface area contributed by atoms with E-state index in [4.69, 9.17) is 9.40 Å². The second kappa shape index (κ2) is 4.67. The van der Waals surface area contributed by atoms with Crippen LogP contribution in [0, 0.1) is 0 Å². The Hall–Kier alpha value is -2.29. The zero-order chi connectivity index (χ0) is 13.4. The normalized spacial score (nSPS) is 14.2. The van der Waals surface area contributed by atoms with Crippen molar-refractivity contribution >= 4 is 0 Å². The third-order valence-corrected chi connectivity index (χ3v) is 3.89. The second-order valence-electron chi connectivity index (χ2n) is 5.25. The molecule has 3 aromatic rings. The first-order chi connectivity index (χ1) is 9.90. The fourth-order valence-corrected chi connectivity index (χ4v) is 2.80. The molecule has 1 aliphatic heterocycles. The van der Waals surface area contributed by atoms with Crippen molar-refractivity contribution in [1.82, 2.24) is 9.55 Å². The number of imidazole rings is 1. The van der Waals surface area contributed by atoms with Gasteiger partial charge in [-0.15, -0.1) is 0 Å². The Balaban J connectivity index is 1.67. The van der Waals surface area contributed by atoms with Crippen LogP contribution < -0.4 is 0 Å². The molecule has 0 unspecified atom stereocenters. The summed E-state index contributed by atoms with van der Waals surface area (Å²) in [6.45, 7) is 1.10. The Morgan fingerprint density at radius 1 is 1.00 bits per heavy atom. The van der Waals surface area contributed by atoms with Gasteiger partial charge in [-0.25, -0.2) is 4.98 Å². The molecule has 0 aliphatic carbocycles. The van der Waals surface area contributed by atoms with Gasteiger partial charge in [0.05, 0.1) is 12.0 Å². The fraction of sp³-hybridized carbons (Fsp3) is 0.235. The first kappa shape index (κ1) is 11.5. The molecule has 3 heterocycles. The maximum absolute atomic E-state index is 5.41. The summed E-state index contributed by atoms with van der Waals surface area (Å²) in [4.78, 5) is 4.75. The first-order valence-corrected chi connectivity index (χ1v) is 7.10. The number of aromatic nitrogens is 2. The Morgan fingerprint density at radius 2 is 1.85 bits per heavy atom. The van der Waals surface area contributed by atoms with Gasteiger partial charge in [-0.3, -0.25) is 0 Å². The van der Waals surface area contributed by atoms with Gasteiger partial charge in [0.25, 0.3) is 0 Å². The molecule has 100 valence electrons. The zero-order valence-corrected chi connectivity index (χ0v) is 11.2. The molecule has 20 heavy (non-hydrogen) atoms. The van der Waals surface area contributed by atoms with Crippen LogP contribution in [0.2, 0.25) is 0 Å². The zero-order valence-electron chi connectivity index (χ0n) is 11.2. The van der Waals surface area contributed by atoms with Crippen LogP contribution in [-0.2, 0) is 13.0 Å². The van der Waals surface area contributed by atoms with Crippen LogP contribution in [0.5, 0.6) is 0 Å². The van der Waals surface area contributed by atoms with Crippen molar-refractivity contribution in [3.05, 3.63) is 54.7 Å². The molecule has 0 amide bonds. The molecule has 0 saturated heterocycles. The van der Waals surface area contributed by atoms with Crippen molar-refractivity contribution in [2.45, 2.75) is 25.8 Å². The van der Waals surface area contributed by atoms with E-state index in [0.29, 0.717) is 0 Å². The fourth-order valence-electron chi connectivity index (χ4n) is 2.80. The highest BCUT2D eigenvalue weighted by atomic mass is 16.3. The van der Waals surface area contributed by atoms with Gasteiger partial charge in [0.15, 0.2) is 0 Å². The SMILES string of the molecule is c1coc(-c2ccc(-c3cn4c(n3)CCCC4)cc2)c1. The number of aryl methyl sites for hydroxylation is 2. The lowest BCUT2D eigenvalue weighted by atomic mass is 10.1. The number of benzene rings is 1. The molecule has 0 bridgehead atoms. The summed E-state index contributed by atoms with van der Waals surface area (Å²) in [6, 6.07) is 12.3. The first-order valence-electron chi connectivity index (χ1n) is 7.10. The highest BCUT2D eigenvalue weighted by Gasteiger charge is 2.13. The van der Waals surface area contributed by atoms with E-state index < -0.39 is 0 Å². The van der Waals surface area contributed by atoms with Crippen molar-refractivity contribution in [3.8, 4) is 22.6 Å². The Labute approximate surface area is 117 Å². The molecule has 1 aromatic carbocycles. The smallest absolute Gasteiger partial charge is 0.133 e. The lowest BCUT2D eigenvalue weighted by Crippen LogP contribution is -2.08. The number of rotatable bonds is 2. The van der Waals surface area contributed by atoms with Crippen molar-refractivity contribution in [1.29, 1.82) is 0 Å². The van der Waals surface area contributed by atoms with Crippen molar-refractivity contribution in [3.63, 3.8) is 0 Å². The summed E-state index contributed by atoms with van der Waals surface area (Å²) < 4.78 is 7.70. The predicted molar refractivity (Wildman–Crippen MR) is 78.3 cm³/mol. The third kappa shape index (κ3) is 1.95. The minimum atomic E-state index is 0.903. The largest absolute Gasteiger partial charge is 0.464 e. The Bertz CT molecular complexity index is 685. The van der Waals surface area contributed by atoms with Crippen LogP contribution in [0.3, 0.4) is 0 Å². The van der Waals surface area contributed by atoms with Gasteiger partial charge in [0.1, 0.15) is 11.6 Å². The van der Waals surface area contributed by atoms with Crippen molar-refractivity contribution < 1.29 is 4.42 Å². The van der Waals surface area contributed by atoms with Crippen LogP contribution in [0.15, 0.2) is 53.3 Å². The van der Waals surface area contributed by atoms with Gasteiger partial charge in [0, 0.05) is 30.3 Å². The van der Waals surface area contributed by atoms with Crippen LogP contribution >= 0.6 is 0 Å². The van der Waals surface area contributed by atoms with E-state index in [9.17, 15) is 0 Å². The quantitative estimate of drug-likeness (QED) is 0.696. The molecule has 3 nitrogen and oxygen atoms in total. The number of hydrogen-bond acceptors (Lipinski definition) is 2. The van der Waals surface area contributed by atoms with E-state index in [1.165, 1.54) is 24.2 Å². The summed E-state index contributed by atoms with van der Waals surface area (Å²) in [5.41, 5.74) is 3.35. The molecule has 0 spiro atoms. The summed E-state index contributed by atoms with van der Waals surface area (Å²) in [5.74, 6) is 2.13. The van der Waals surface area contributed by atoms with Crippen LogP contribution in [-0.4, -0.2) is 9.55 Å². The summed E-state index contributed by atoms with van der Waals surface area (Å²) in [6.07, 6.45) is 7.50. The van der Waals surface area contributed by atoms with Gasteiger partial charge >= 0.3 is 0 Å². The summed E-state index contributed by atoms with van der Waals surface area (Å²) >= 11 is 0. The number of nitrogens with zero attached hydrogens (tertiary/aromatic N) is 2. The molecule has 4 rings (SSSR count). The van der Waals surface area contributed by atoms with Gasteiger partial charge in [-0.2, -0.15) is 0 Å². The highest BCUT2D eigenvalue weighted by Crippen LogP contribution is 2.26. The van der Waals surface area contributed by atoms with Crippen LogP contribution in [0.4, 0.5) is 0 Å². The predicted octanol–water partition coefficient (Wildman–Crippen LogP) is 4.15. The molecule has 0 N–H and O–H groups in total. The van der Waals surface area contributed by atoms with Gasteiger partial charge in [0.2, 0.25) is 0 Å². The lowest BCUT2D eigenvalue weighted by molar-refractivity contribution is 0.522. The number of hydrogen-bond donors (Lipinski definition) is 0. The topological polar surface area (TPSA) is 31.0 Å². The molecular weight excluding hydrogens is 248 g/mol. The van der Waals surface area contributed by atoms with Gasteiger partial charge in [-0.1, -0.05) is 24.3 Å². The van der Waals surface area contributed by atoms with E-state index in [0.717, 1.165) is 30.0 Å². The average Bonchev–Trinajstić information content (AvgIpc) is 3.17. The van der Waals surface area contributed by atoms with E-state index in [-0.39, 0.29) is 0 Å². The molecule has 0 fully saturated rings. The average molecular weight is 264 g/mol. The van der Waals surface area contributed by atoms with Crippen LogP contribution in [0.1, 0.15) is 18.7 Å². The second-order valence-corrected chi connectivity index (χ2v) is 5.25. The molecular formula is C17H16N2O. The highest BCUT2D eigenvalue weighted by molar-refractivity contribution is 5.65. The third-order valence-electron chi connectivity index (χ3n) is 3.89. The maximum Gasteiger partial charge on any atom is 0.133 e. The monoisotopic (exact) mass is 264 g/mol. The van der Waals surface area contributed by atoms with Crippen molar-refractivity contribution in [2.24, 2.45) is 0 Å². The van der Waals surface area contributed by atoms with Crippen molar-refractivity contribution in [2.75, 3.05) is 0 Å². The minimum Gasteiger partial charge on any atom is -0.464 e. The van der Waals surface area contributed by atoms with Gasteiger partial charge in [-0.05, 0) is 25.0 Å². The molecule has 3 heteroatoms. The minimum absolute atomic E-state index is 0.903. The molecule has 0 atom stereocenters. The maximum atomic E-state index is 5.41. The molecule has 0 saturated carbocycles. The van der Waals surface area contributed by atoms with E-state index in [1.807, 2.05) is 12.1 Å². The number of fused-ring (bicyclic) bond motifs is 1.